The van der Waals surface area contributed by atoms with E-state index in [-0.39, 0.29) is 12.1 Å². The van der Waals surface area contributed by atoms with Crippen LogP contribution in [-0.4, -0.2) is 35.1 Å². The second-order valence-corrected chi connectivity index (χ2v) is 5.21. The first-order valence-corrected chi connectivity index (χ1v) is 7.09. The Bertz CT molecular complexity index is 633. The van der Waals surface area contributed by atoms with Gasteiger partial charge in [0.05, 0.1) is 13.2 Å². The molecule has 0 spiro atoms. The van der Waals surface area contributed by atoms with Gasteiger partial charge >= 0.3 is 6.09 Å². The number of carbonyl (C=O) groups is 1. The number of nitrogens with one attached hydrogen (secondary N) is 2. The number of hydrazine groups is 1. The van der Waals surface area contributed by atoms with E-state index in [2.05, 4.69) is 20.8 Å². The maximum atomic E-state index is 11.9. The molecular formula is C13H19N7O2. The lowest BCUT2D eigenvalue weighted by molar-refractivity contribution is 0.102. The summed E-state index contributed by atoms with van der Waals surface area (Å²) in [5.74, 6) is -0.938. The molecule has 2 aliphatic rings. The van der Waals surface area contributed by atoms with Gasteiger partial charge in [0.25, 0.3) is 0 Å². The third kappa shape index (κ3) is 2.55. The van der Waals surface area contributed by atoms with Crippen molar-refractivity contribution in [2.75, 3.05) is 13.2 Å². The lowest BCUT2D eigenvalue weighted by atomic mass is 10.0. The number of aromatic nitrogens is 1. The van der Waals surface area contributed by atoms with Crippen molar-refractivity contribution in [1.82, 2.24) is 20.7 Å². The molecule has 2 aliphatic heterocycles. The normalized spacial score (nSPS) is 23.5. The van der Waals surface area contributed by atoms with Gasteiger partial charge < -0.3 is 15.4 Å². The summed E-state index contributed by atoms with van der Waals surface area (Å²) in [6.45, 7) is 3.18. The number of nitrogens with two attached hydrogens (primary N) is 2. The molecular weight excluding hydrogens is 286 g/mol. The van der Waals surface area contributed by atoms with Gasteiger partial charge in [-0.2, -0.15) is 5.43 Å². The molecule has 0 fully saturated rings. The van der Waals surface area contributed by atoms with Crippen molar-refractivity contribution >= 4 is 12.1 Å². The number of hydrogen-bond acceptors (Lipinski definition) is 8. The molecule has 0 aliphatic carbocycles. The van der Waals surface area contributed by atoms with Crippen LogP contribution in [0.3, 0.4) is 0 Å². The van der Waals surface area contributed by atoms with Crippen LogP contribution >= 0.6 is 0 Å². The van der Waals surface area contributed by atoms with Gasteiger partial charge in [-0.3, -0.25) is 16.1 Å². The quantitative estimate of drug-likeness (QED) is 0.556. The molecule has 9 heteroatoms. The van der Waals surface area contributed by atoms with Crippen molar-refractivity contribution in [3.63, 3.8) is 0 Å². The molecule has 0 saturated heterocycles. The monoisotopic (exact) mass is 305 g/mol. The predicted octanol–water partition coefficient (Wildman–Crippen LogP) is -0.912. The maximum Gasteiger partial charge on any atom is 0.410 e. The summed E-state index contributed by atoms with van der Waals surface area (Å²) in [4.78, 5) is 22.1. The van der Waals surface area contributed by atoms with Crippen LogP contribution in [-0.2, 0) is 23.5 Å². The minimum Gasteiger partial charge on any atom is -0.450 e. The fraction of sp³-hybridized carbons (Fsp3) is 0.462. The number of aliphatic imine (C=N–C) groups is 1. The molecule has 0 bridgehead atoms. The van der Waals surface area contributed by atoms with Crippen molar-refractivity contribution < 1.29 is 9.53 Å². The molecule has 1 aromatic heterocycles. The summed E-state index contributed by atoms with van der Waals surface area (Å²) in [5, 5.41) is 0. The Morgan fingerprint density at radius 3 is 3.09 bits per heavy atom. The van der Waals surface area contributed by atoms with E-state index in [0.29, 0.717) is 31.7 Å². The zero-order chi connectivity index (χ0) is 15.7. The molecule has 1 unspecified atom stereocenters. The number of carbonyl (C=O) groups excluding carboxylic acids is 1. The number of amides is 1. The van der Waals surface area contributed by atoms with E-state index in [4.69, 9.17) is 16.2 Å². The lowest BCUT2D eigenvalue weighted by Gasteiger charge is -2.29. The Morgan fingerprint density at radius 2 is 2.41 bits per heavy atom. The van der Waals surface area contributed by atoms with Crippen LogP contribution in [0.1, 0.15) is 23.7 Å². The highest BCUT2D eigenvalue weighted by Crippen LogP contribution is 2.24. The summed E-state index contributed by atoms with van der Waals surface area (Å²) < 4.78 is 5.04. The second kappa shape index (κ2) is 5.43. The average Bonchev–Trinajstić information content (AvgIpc) is 2.87. The van der Waals surface area contributed by atoms with Crippen molar-refractivity contribution in [3.8, 4) is 0 Å². The topological polar surface area (TPSA) is 131 Å². The van der Waals surface area contributed by atoms with Crippen LogP contribution in [0.2, 0.25) is 0 Å². The minimum absolute atomic E-state index is 0.216. The van der Waals surface area contributed by atoms with Crippen molar-refractivity contribution in [2.45, 2.75) is 25.7 Å². The van der Waals surface area contributed by atoms with Gasteiger partial charge in [0.15, 0.2) is 0 Å². The van der Waals surface area contributed by atoms with Crippen LogP contribution in [0.25, 0.3) is 0 Å². The molecule has 22 heavy (non-hydrogen) atoms. The zero-order valence-corrected chi connectivity index (χ0v) is 12.3. The van der Waals surface area contributed by atoms with E-state index in [0.717, 1.165) is 11.3 Å². The van der Waals surface area contributed by atoms with Crippen molar-refractivity contribution in [2.24, 2.45) is 16.5 Å². The highest BCUT2D eigenvalue weighted by atomic mass is 16.6. The largest absolute Gasteiger partial charge is 0.450 e. The molecule has 1 aromatic rings. The first-order chi connectivity index (χ1) is 10.5. The number of fused-ring (bicyclic) bond motifs is 1. The SMILES string of the molecule is CCOC(=O)N1CCc2ncc(C3(N)N=C(N)NN3)cc2C1. The number of rotatable bonds is 2. The first-order valence-electron chi connectivity index (χ1n) is 7.09. The second-order valence-electron chi connectivity index (χ2n) is 5.21. The molecule has 6 N–H and O–H groups in total. The maximum absolute atomic E-state index is 11.9. The molecule has 3 rings (SSSR count). The van der Waals surface area contributed by atoms with Gasteiger partial charge in [0.1, 0.15) is 0 Å². The third-order valence-corrected chi connectivity index (χ3v) is 3.68. The van der Waals surface area contributed by atoms with E-state index in [1.54, 1.807) is 18.0 Å². The molecule has 9 nitrogen and oxygen atoms in total. The summed E-state index contributed by atoms with van der Waals surface area (Å²) in [6, 6.07) is 1.89. The highest BCUT2D eigenvalue weighted by Gasteiger charge is 2.33. The lowest BCUT2D eigenvalue weighted by Crippen LogP contribution is -2.50. The summed E-state index contributed by atoms with van der Waals surface area (Å²) in [5.41, 5.74) is 19.8. The molecule has 1 atom stereocenters. The van der Waals surface area contributed by atoms with E-state index in [9.17, 15) is 4.79 Å². The van der Waals surface area contributed by atoms with E-state index < -0.39 is 5.79 Å². The molecule has 3 heterocycles. The first kappa shape index (κ1) is 14.5. The number of nitrogens with zero attached hydrogens (tertiary/aromatic N) is 3. The predicted molar refractivity (Wildman–Crippen MR) is 79.1 cm³/mol. The van der Waals surface area contributed by atoms with Gasteiger partial charge in [-0.15, -0.1) is 0 Å². The number of pyridine rings is 1. The number of ether oxygens (including phenoxy) is 1. The standard InChI is InChI=1S/C13H19N7O2/c1-2-22-12(21)20-4-3-10-8(7-20)5-9(6-16-10)13(15)17-11(14)18-19-13/h5-6,19H,2-4,7,15H2,1H3,(H3,14,17,18). The van der Waals surface area contributed by atoms with Crippen molar-refractivity contribution in [1.29, 1.82) is 0 Å². The Kier molecular flexibility index (Phi) is 3.59. The third-order valence-electron chi connectivity index (χ3n) is 3.68. The van der Waals surface area contributed by atoms with E-state index in [1.165, 1.54) is 0 Å². The Balaban J connectivity index is 1.85. The van der Waals surface area contributed by atoms with Gasteiger partial charge in [0.2, 0.25) is 11.7 Å². The van der Waals surface area contributed by atoms with E-state index >= 15 is 0 Å². The van der Waals surface area contributed by atoms with Crippen LogP contribution in [0.4, 0.5) is 4.79 Å². The molecule has 0 radical (unpaired) electrons. The highest BCUT2D eigenvalue weighted by molar-refractivity contribution is 5.79. The summed E-state index contributed by atoms with van der Waals surface area (Å²) in [7, 11) is 0. The molecule has 0 aromatic carbocycles. The van der Waals surface area contributed by atoms with E-state index in [1.807, 2.05) is 6.07 Å². The average molecular weight is 305 g/mol. The van der Waals surface area contributed by atoms with Crippen molar-refractivity contribution in [3.05, 3.63) is 29.1 Å². The number of guanidine groups is 1. The van der Waals surface area contributed by atoms with Crippen LogP contribution < -0.4 is 22.3 Å². The van der Waals surface area contributed by atoms with Crippen LogP contribution in [0.15, 0.2) is 17.3 Å². The summed E-state index contributed by atoms with van der Waals surface area (Å²) >= 11 is 0. The van der Waals surface area contributed by atoms with Gasteiger partial charge in [-0.1, -0.05) is 0 Å². The molecule has 1 amide bonds. The zero-order valence-electron chi connectivity index (χ0n) is 12.3. The number of hydrogen-bond donors (Lipinski definition) is 4. The van der Waals surface area contributed by atoms with Gasteiger partial charge in [-0.25, -0.2) is 9.79 Å². The Morgan fingerprint density at radius 1 is 1.59 bits per heavy atom. The fourth-order valence-electron chi connectivity index (χ4n) is 2.55. The molecule has 118 valence electrons. The van der Waals surface area contributed by atoms with Gasteiger partial charge in [-0.05, 0) is 18.6 Å². The Labute approximate surface area is 127 Å². The molecule has 0 saturated carbocycles. The van der Waals surface area contributed by atoms with Crippen LogP contribution in [0.5, 0.6) is 0 Å². The Hall–Kier alpha value is -2.39. The fourth-order valence-corrected chi connectivity index (χ4v) is 2.55. The van der Waals surface area contributed by atoms with Gasteiger partial charge in [0, 0.05) is 30.4 Å². The van der Waals surface area contributed by atoms with Crippen LogP contribution in [0, 0.1) is 0 Å². The summed E-state index contributed by atoms with van der Waals surface area (Å²) in [6.07, 6.45) is 2.04. The minimum atomic E-state index is -1.15. The smallest absolute Gasteiger partial charge is 0.410 e.